The monoisotopic (exact) mass is 397 g/mol. The lowest BCUT2D eigenvalue weighted by molar-refractivity contribution is 0.122. The topological polar surface area (TPSA) is 45.9 Å². The number of likely N-dealkylation sites (tertiary alicyclic amines) is 1. The minimum atomic E-state index is 0.418. The van der Waals surface area contributed by atoms with Crippen LogP contribution in [-0.4, -0.2) is 58.9 Å². The lowest BCUT2D eigenvalue weighted by Crippen LogP contribution is -2.36. The second kappa shape index (κ2) is 7.81. The predicted octanol–water partition coefficient (Wildman–Crippen LogP) is 3.32. The normalized spacial score (nSPS) is 21.5. The molecule has 0 amide bonds. The zero-order valence-electron chi connectivity index (χ0n) is 16.4. The Kier molecular flexibility index (Phi) is 5.05. The number of aryl methyl sites for hydroxylation is 1. The molecule has 0 bridgehead atoms. The number of nitrogens with zero attached hydrogens (tertiary/aromatic N) is 5. The number of fused-ring (bicyclic) bond motifs is 1. The maximum Gasteiger partial charge on any atom is 0.156 e. The summed E-state index contributed by atoms with van der Waals surface area (Å²) < 4.78 is 7.43. The molecule has 28 heavy (non-hydrogen) atoms. The molecule has 1 atom stereocenters. The second-order valence-electron chi connectivity index (χ2n) is 7.85. The van der Waals surface area contributed by atoms with Crippen molar-refractivity contribution in [1.29, 1.82) is 0 Å². The average molecular weight is 398 g/mol. The first-order valence-corrected chi connectivity index (χ1v) is 11.0. The van der Waals surface area contributed by atoms with Gasteiger partial charge in [0.05, 0.1) is 25.1 Å². The van der Waals surface area contributed by atoms with E-state index in [0.717, 1.165) is 50.9 Å². The van der Waals surface area contributed by atoms with Crippen LogP contribution in [0.2, 0.25) is 0 Å². The Balaban J connectivity index is 1.32. The molecular formula is C21H27N5OS. The van der Waals surface area contributed by atoms with Crippen LogP contribution in [0.25, 0.3) is 5.65 Å². The van der Waals surface area contributed by atoms with Crippen molar-refractivity contribution in [3.8, 4) is 0 Å². The van der Waals surface area contributed by atoms with E-state index < -0.39 is 0 Å². The highest BCUT2D eigenvalue weighted by atomic mass is 32.1. The number of pyridine rings is 1. The van der Waals surface area contributed by atoms with E-state index in [9.17, 15) is 0 Å². The van der Waals surface area contributed by atoms with Gasteiger partial charge in [-0.3, -0.25) is 4.90 Å². The average Bonchev–Trinajstić information content (AvgIpc) is 3.34. The fourth-order valence-corrected chi connectivity index (χ4v) is 5.20. The fourth-order valence-electron chi connectivity index (χ4n) is 4.27. The predicted molar refractivity (Wildman–Crippen MR) is 112 cm³/mol. The summed E-state index contributed by atoms with van der Waals surface area (Å²) in [5, 5.41) is 4.86. The molecule has 3 aromatic heterocycles. The number of anilines is 1. The summed E-state index contributed by atoms with van der Waals surface area (Å²) in [6, 6.07) is 8.73. The molecule has 0 saturated carbocycles. The molecule has 148 valence electrons. The lowest BCUT2D eigenvalue weighted by Gasteiger charge is -2.30. The SMILES string of the molecule is Cc1ccc(CN2CCC[C@H](c3nc4ccc(N5CCOCC5)cn4n3)C2)s1. The molecule has 2 aliphatic heterocycles. The number of hydrogen-bond acceptors (Lipinski definition) is 6. The highest BCUT2D eigenvalue weighted by molar-refractivity contribution is 7.11. The zero-order chi connectivity index (χ0) is 18.9. The summed E-state index contributed by atoms with van der Waals surface area (Å²) in [6.45, 7) is 8.90. The van der Waals surface area contributed by atoms with E-state index in [-0.39, 0.29) is 0 Å². The lowest BCUT2D eigenvalue weighted by atomic mass is 9.97. The largest absolute Gasteiger partial charge is 0.378 e. The van der Waals surface area contributed by atoms with Gasteiger partial charge in [-0.15, -0.1) is 11.3 Å². The highest BCUT2D eigenvalue weighted by Crippen LogP contribution is 2.28. The third-order valence-electron chi connectivity index (χ3n) is 5.75. The Labute approximate surface area is 169 Å². The van der Waals surface area contributed by atoms with Gasteiger partial charge in [0, 0.05) is 41.9 Å². The van der Waals surface area contributed by atoms with Crippen molar-refractivity contribution in [2.75, 3.05) is 44.3 Å². The molecule has 5 heterocycles. The van der Waals surface area contributed by atoms with Gasteiger partial charge in [-0.25, -0.2) is 9.50 Å². The van der Waals surface area contributed by atoms with Gasteiger partial charge in [0.25, 0.3) is 0 Å². The molecule has 2 aliphatic rings. The summed E-state index contributed by atoms with van der Waals surface area (Å²) >= 11 is 1.91. The van der Waals surface area contributed by atoms with Crippen molar-refractivity contribution in [2.24, 2.45) is 0 Å². The Morgan fingerprint density at radius 2 is 2.04 bits per heavy atom. The number of aromatic nitrogens is 3. The Morgan fingerprint density at radius 3 is 2.86 bits per heavy atom. The molecule has 3 aromatic rings. The van der Waals surface area contributed by atoms with Crippen molar-refractivity contribution >= 4 is 22.7 Å². The highest BCUT2D eigenvalue weighted by Gasteiger charge is 2.25. The van der Waals surface area contributed by atoms with Crippen molar-refractivity contribution in [3.63, 3.8) is 0 Å². The van der Waals surface area contributed by atoms with Crippen molar-refractivity contribution in [3.05, 3.63) is 46.0 Å². The maximum absolute atomic E-state index is 5.47. The van der Waals surface area contributed by atoms with Gasteiger partial charge < -0.3 is 9.64 Å². The van der Waals surface area contributed by atoms with Gasteiger partial charge in [0.15, 0.2) is 11.5 Å². The van der Waals surface area contributed by atoms with E-state index >= 15 is 0 Å². The summed E-state index contributed by atoms with van der Waals surface area (Å²) in [5.41, 5.74) is 2.14. The fraction of sp³-hybridized carbons (Fsp3) is 0.524. The number of thiophene rings is 1. The zero-order valence-corrected chi connectivity index (χ0v) is 17.2. The molecule has 0 aliphatic carbocycles. The van der Waals surface area contributed by atoms with Crippen LogP contribution in [0.15, 0.2) is 30.5 Å². The van der Waals surface area contributed by atoms with Gasteiger partial charge in [-0.2, -0.15) is 5.10 Å². The van der Waals surface area contributed by atoms with Crippen molar-refractivity contribution < 1.29 is 4.74 Å². The Morgan fingerprint density at radius 1 is 1.14 bits per heavy atom. The molecular weight excluding hydrogens is 370 g/mol. The summed E-state index contributed by atoms with van der Waals surface area (Å²) in [7, 11) is 0. The number of morpholine rings is 1. The van der Waals surface area contributed by atoms with Gasteiger partial charge in [-0.05, 0) is 50.6 Å². The molecule has 7 heteroatoms. The van der Waals surface area contributed by atoms with Crippen LogP contribution in [0.4, 0.5) is 5.69 Å². The van der Waals surface area contributed by atoms with Gasteiger partial charge in [0.2, 0.25) is 0 Å². The van der Waals surface area contributed by atoms with Crippen LogP contribution in [0.1, 0.15) is 34.3 Å². The van der Waals surface area contributed by atoms with Crippen LogP contribution in [0.3, 0.4) is 0 Å². The van der Waals surface area contributed by atoms with Crippen LogP contribution in [-0.2, 0) is 11.3 Å². The Hall–Kier alpha value is -1.96. The molecule has 0 spiro atoms. The molecule has 0 unspecified atom stereocenters. The van der Waals surface area contributed by atoms with E-state index in [1.54, 1.807) is 0 Å². The van der Waals surface area contributed by atoms with Crippen LogP contribution < -0.4 is 4.90 Å². The van der Waals surface area contributed by atoms with E-state index in [1.807, 2.05) is 15.9 Å². The van der Waals surface area contributed by atoms with E-state index in [0.29, 0.717) is 5.92 Å². The summed E-state index contributed by atoms with van der Waals surface area (Å²) in [6.07, 6.45) is 4.50. The summed E-state index contributed by atoms with van der Waals surface area (Å²) in [5.74, 6) is 1.41. The van der Waals surface area contributed by atoms with E-state index in [1.165, 1.54) is 34.8 Å². The first-order valence-electron chi connectivity index (χ1n) is 10.2. The number of ether oxygens (including phenoxy) is 1. The number of piperidine rings is 1. The quantitative estimate of drug-likeness (QED) is 0.676. The standard InChI is InChI=1S/C21H27N5OS/c1-16-4-6-19(28-16)15-24-8-2-3-17(13-24)21-22-20-7-5-18(14-26(20)23-21)25-9-11-27-12-10-25/h4-7,14,17H,2-3,8-13,15H2,1H3/t17-/m0/s1. The molecule has 2 saturated heterocycles. The molecule has 6 nitrogen and oxygen atoms in total. The van der Waals surface area contributed by atoms with E-state index in [4.69, 9.17) is 14.8 Å². The molecule has 0 radical (unpaired) electrons. The molecule has 0 N–H and O–H groups in total. The van der Waals surface area contributed by atoms with Crippen LogP contribution in [0.5, 0.6) is 0 Å². The minimum Gasteiger partial charge on any atom is -0.378 e. The third kappa shape index (κ3) is 3.79. The van der Waals surface area contributed by atoms with Gasteiger partial charge >= 0.3 is 0 Å². The van der Waals surface area contributed by atoms with Gasteiger partial charge in [-0.1, -0.05) is 0 Å². The molecule has 5 rings (SSSR count). The van der Waals surface area contributed by atoms with Crippen LogP contribution >= 0.6 is 11.3 Å². The van der Waals surface area contributed by atoms with Crippen molar-refractivity contribution in [2.45, 2.75) is 32.2 Å². The van der Waals surface area contributed by atoms with Crippen LogP contribution in [0, 0.1) is 6.92 Å². The minimum absolute atomic E-state index is 0.418. The van der Waals surface area contributed by atoms with Crippen molar-refractivity contribution in [1.82, 2.24) is 19.5 Å². The number of hydrogen-bond donors (Lipinski definition) is 0. The second-order valence-corrected chi connectivity index (χ2v) is 9.22. The third-order valence-corrected chi connectivity index (χ3v) is 6.74. The molecule has 2 fully saturated rings. The molecule has 0 aromatic carbocycles. The first-order chi connectivity index (χ1) is 13.7. The smallest absolute Gasteiger partial charge is 0.156 e. The maximum atomic E-state index is 5.47. The summed E-state index contributed by atoms with van der Waals surface area (Å²) in [4.78, 5) is 12.6. The Bertz CT molecular complexity index is 945. The van der Waals surface area contributed by atoms with Gasteiger partial charge in [0.1, 0.15) is 0 Å². The van der Waals surface area contributed by atoms with E-state index in [2.05, 4.69) is 47.2 Å². The number of rotatable bonds is 4. The first kappa shape index (κ1) is 18.1.